The first-order chi connectivity index (χ1) is 18.8. The van der Waals surface area contributed by atoms with E-state index in [1.165, 1.54) is 59.7 Å². The van der Waals surface area contributed by atoms with E-state index >= 15 is 0 Å². The number of phenolic OH excluding ortho intramolecular Hbond substituents is 2. The Kier molecular flexibility index (Phi) is 8.28. The van der Waals surface area contributed by atoms with Gasteiger partial charge in [-0.2, -0.15) is 13.2 Å². The average molecular weight is 559 g/mol. The Morgan fingerprint density at radius 2 is 1.59 bits per heavy atom. The number of fused-ring (bicyclic) bond motifs is 1. The van der Waals surface area contributed by atoms with Crippen molar-refractivity contribution in [3.63, 3.8) is 0 Å². The summed E-state index contributed by atoms with van der Waals surface area (Å²) in [4.78, 5) is 0. The van der Waals surface area contributed by atoms with Crippen LogP contribution in [0, 0.1) is 0 Å². The van der Waals surface area contributed by atoms with Crippen molar-refractivity contribution in [1.29, 1.82) is 0 Å². The van der Waals surface area contributed by atoms with E-state index in [0.29, 0.717) is 28.8 Å². The van der Waals surface area contributed by atoms with Gasteiger partial charge in [-0.15, -0.1) is 0 Å². The number of benzene rings is 3. The third-order valence-electron chi connectivity index (χ3n) is 6.89. The van der Waals surface area contributed by atoms with Gasteiger partial charge >= 0.3 is 6.18 Å². The quantitative estimate of drug-likeness (QED) is 0.231. The van der Waals surface area contributed by atoms with Crippen molar-refractivity contribution in [1.82, 2.24) is 5.32 Å². The molecule has 3 aromatic rings. The molecule has 1 saturated heterocycles. The largest absolute Gasteiger partial charge is 0.508 e. The molecule has 1 unspecified atom stereocenters. The van der Waals surface area contributed by atoms with Crippen LogP contribution in [0.15, 0.2) is 66.7 Å². The highest BCUT2D eigenvalue weighted by molar-refractivity contribution is 7.96. The number of rotatable bonds is 8. The summed E-state index contributed by atoms with van der Waals surface area (Å²) in [6.07, 6.45) is -3.73. The summed E-state index contributed by atoms with van der Waals surface area (Å²) >= 11 is 0. The van der Waals surface area contributed by atoms with Crippen LogP contribution in [0.3, 0.4) is 0 Å². The molecule has 5 rings (SSSR count). The predicted molar refractivity (Wildman–Crippen MR) is 148 cm³/mol. The van der Waals surface area contributed by atoms with E-state index in [1.807, 2.05) is 0 Å². The van der Waals surface area contributed by atoms with Gasteiger partial charge in [-0.3, -0.25) is 0 Å². The van der Waals surface area contributed by atoms with Crippen molar-refractivity contribution in [2.45, 2.75) is 25.1 Å². The van der Waals surface area contributed by atoms with Crippen LogP contribution < -0.4 is 14.8 Å². The first-order valence-electron chi connectivity index (χ1n) is 13.0. The summed E-state index contributed by atoms with van der Waals surface area (Å²) in [5.41, 5.74) is -0.265. The van der Waals surface area contributed by atoms with Gasteiger partial charge in [0.25, 0.3) is 0 Å². The molecule has 1 atom stereocenters. The van der Waals surface area contributed by atoms with Crippen molar-refractivity contribution in [2.24, 2.45) is 0 Å². The molecule has 0 radical (unpaired) electrons. The van der Waals surface area contributed by atoms with Crippen LogP contribution in [0.5, 0.6) is 23.0 Å². The molecule has 0 aromatic heterocycles. The van der Waals surface area contributed by atoms with Crippen molar-refractivity contribution < 1.29 is 32.9 Å². The SMILES string of the molecule is Oc1ccc(C2=C(C(F)(F)F)c3ccc(O)cc3OC2c2ccc(OCCCC[S+]3CCNCC3)cc2)cc1. The highest BCUT2D eigenvalue weighted by Gasteiger charge is 2.44. The second-order valence-corrected chi connectivity index (χ2v) is 12.1. The molecule has 0 bridgehead atoms. The van der Waals surface area contributed by atoms with Gasteiger partial charge in [-0.05, 0) is 71.3 Å². The Balaban J connectivity index is 1.38. The molecule has 3 N–H and O–H groups in total. The maximum atomic E-state index is 14.6. The van der Waals surface area contributed by atoms with Crippen LogP contribution in [-0.4, -0.2) is 53.3 Å². The Morgan fingerprint density at radius 1 is 0.897 bits per heavy atom. The number of halogens is 3. The fourth-order valence-corrected chi connectivity index (χ4v) is 7.05. The van der Waals surface area contributed by atoms with Crippen molar-refractivity contribution in [3.05, 3.63) is 83.4 Å². The Morgan fingerprint density at radius 3 is 2.28 bits per heavy atom. The van der Waals surface area contributed by atoms with Crippen molar-refractivity contribution in [2.75, 3.05) is 37.0 Å². The van der Waals surface area contributed by atoms with Gasteiger partial charge in [-0.1, -0.05) is 24.3 Å². The van der Waals surface area contributed by atoms with E-state index in [-0.39, 0.29) is 33.9 Å². The highest BCUT2D eigenvalue weighted by atomic mass is 32.2. The molecule has 3 aromatic carbocycles. The van der Waals surface area contributed by atoms with Crippen LogP contribution in [0.25, 0.3) is 11.1 Å². The lowest BCUT2D eigenvalue weighted by Crippen LogP contribution is -2.37. The molecule has 9 heteroatoms. The van der Waals surface area contributed by atoms with E-state index in [2.05, 4.69) is 5.32 Å². The number of phenols is 2. The van der Waals surface area contributed by atoms with E-state index < -0.39 is 17.9 Å². The zero-order chi connectivity index (χ0) is 27.4. The van der Waals surface area contributed by atoms with Gasteiger partial charge in [0, 0.05) is 30.3 Å². The van der Waals surface area contributed by atoms with E-state index in [9.17, 15) is 23.4 Å². The number of ether oxygens (including phenoxy) is 2. The molecule has 206 valence electrons. The average Bonchev–Trinajstić information content (AvgIpc) is 2.92. The van der Waals surface area contributed by atoms with Crippen molar-refractivity contribution >= 4 is 22.0 Å². The molecule has 2 heterocycles. The molecule has 5 nitrogen and oxygen atoms in total. The topological polar surface area (TPSA) is 71.0 Å². The summed E-state index contributed by atoms with van der Waals surface area (Å²) in [6.45, 7) is 2.80. The fraction of sp³-hybridized carbons (Fsp3) is 0.333. The number of unbranched alkanes of at least 4 members (excludes halogenated alkanes) is 1. The summed E-state index contributed by atoms with van der Waals surface area (Å²) in [6, 6.07) is 16.1. The summed E-state index contributed by atoms with van der Waals surface area (Å²) in [7, 11) is 0.508. The van der Waals surface area contributed by atoms with Crippen molar-refractivity contribution in [3.8, 4) is 23.0 Å². The summed E-state index contributed by atoms with van der Waals surface area (Å²) < 4.78 is 55.7. The molecule has 2 aliphatic rings. The lowest BCUT2D eigenvalue weighted by molar-refractivity contribution is -0.0695. The van der Waals surface area contributed by atoms with Crippen LogP contribution in [-0.2, 0) is 10.9 Å². The Labute approximate surface area is 228 Å². The standard InChI is InChI=1S/C30H30F3NO4S/c31-30(32,33)28-25-12-9-23(36)19-26(25)38-29(27(28)20-3-7-22(35)8-4-20)21-5-10-24(11-6-21)37-15-1-2-16-39-17-13-34-14-18-39/h3-12,19,29,34H,1-2,13-18H2,(H-,35,36)/p+1. The van der Waals surface area contributed by atoms with E-state index in [0.717, 1.165) is 25.9 Å². The molecule has 0 amide bonds. The lowest BCUT2D eigenvalue weighted by atomic mass is 9.85. The van der Waals surface area contributed by atoms with Gasteiger partial charge in [0.1, 0.15) is 40.3 Å². The predicted octanol–water partition coefficient (Wildman–Crippen LogP) is 6.09. The van der Waals surface area contributed by atoms with Crippen LogP contribution in [0.1, 0.15) is 35.6 Å². The maximum absolute atomic E-state index is 14.6. The van der Waals surface area contributed by atoms with Gasteiger partial charge in [0.2, 0.25) is 0 Å². The first-order valence-corrected chi connectivity index (χ1v) is 14.7. The van der Waals surface area contributed by atoms with Crippen LogP contribution in [0.4, 0.5) is 13.2 Å². The Bertz CT molecular complexity index is 1300. The number of hydrogen-bond donors (Lipinski definition) is 3. The van der Waals surface area contributed by atoms with Crippen LogP contribution >= 0.6 is 0 Å². The molecule has 0 aliphatic carbocycles. The smallest absolute Gasteiger partial charge is 0.417 e. The maximum Gasteiger partial charge on any atom is 0.417 e. The highest BCUT2D eigenvalue weighted by Crippen LogP contribution is 2.53. The van der Waals surface area contributed by atoms with Gasteiger partial charge < -0.3 is 25.0 Å². The fourth-order valence-electron chi connectivity index (χ4n) is 4.96. The molecule has 0 spiro atoms. The molecule has 0 saturated carbocycles. The monoisotopic (exact) mass is 558 g/mol. The van der Waals surface area contributed by atoms with E-state index in [4.69, 9.17) is 9.47 Å². The zero-order valence-electron chi connectivity index (χ0n) is 21.3. The zero-order valence-corrected chi connectivity index (χ0v) is 22.2. The minimum absolute atomic E-state index is 0.0513. The molecule has 1 fully saturated rings. The molecular weight excluding hydrogens is 527 g/mol. The van der Waals surface area contributed by atoms with Gasteiger partial charge in [0.15, 0.2) is 6.10 Å². The molecule has 2 aliphatic heterocycles. The first kappa shape index (κ1) is 27.3. The minimum atomic E-state index is -4.70. The third-order valence-corrected chi connectivity index (χ3v) is 9.32. The summed E-state index contributed by atoms with van der Waals surface area (Å²) in [5.74, 6) is 4.09. The minimum Gasteiger partial charge on any atom is -0.508 e. The lowest BCUT2D eigenvalue weighted by Gasteiger charge is -2.33. The number of allylic oxidation sites excluding steroid dienone is 1. The number of aromatic hydroxyl groups is 2. The number of nitrogens with one attached hydrogen (secondary N) is 1. The second-order valence-electron chi connectivity index (χ2n) is 9.61. The van der Waals surface area contributed by atoms with E-state index in [1.54, 1.807) is 24.3 Å². The second kappa shape index (κ2) is 11.8. The number of hydrogen-bond acceptors (Lipinski definition) is 5. The van der Waals surface area contributed by atoms with Gasteiger partial charge in [-0.25, -0.2) is 0 Å². The molecular formula is C30H31F3NO4S+. The van der Waals surface area contributed by atoms with Gasteiger partial charge in [0.05, 0.1) is 12.2 Å². The third kappa shape index (κ3) is 6.47. The Hall–Kier alpha value is -3.30. The molecule has 39 heavy (non-hydrogen) atoms. The van der Waals surface area contributed by atoms with Crippen LogP contribution in [0.2, 0.25) is 0 Å². The number of alkyl halides is 3. The summed E-state index contributed by atoms with van der Waals surface area (Å²) in [5, 5.41) is 23.1. The normalized spacial score (nSPS) is 18.0.